The molecule has 0 unspecified atom stereocenters. The Labute approximate surface area is 191 Å². The Kier molecular flexibility index (Phi) is 5.95. The number of aromatic hydroxyl groups is 1. The molecule has 7 nitrogen and oxygen atoms in total. The number of phenolic OH excluding ortho intramolecular Hbond substituents is 1. The first kappa shape index (κ1) is 21.8. The number of aromatic nitrogens is 1. The van der Waals surface area contributed by atoms with Crippen LogP contribution in [0.25, 0.3) is 16.8 Å². The second kappa shape index (κ2) is 9.00. The SMILES string of the molecule is COc1cc(C(=O)c2cc(-c3cccc(O)c3)cn2-c2ccc(N)cc2)cc(OC)c1OC. The summed E-state index contributed by atoms with van der Waals surface area (Å²) in [5.41, 5.74) is 9.60. The van der Waals surface area contributed by atoms with E-state index in [0.29, 0.717) is 34.2 Å². The van der Waals surface area contributed by atoms with Crippen molar-refractivity contribution in [2.24, 2.45) is 0 Å². The maximum Gasteiger partial charge on any atom is 0.210 e. The van der Waals surface area contributed by atoms with Gasteiger partial charge in [-0.25, -0.2) is 0 Å². The van der Waals surface area contributed by atoms with Gasteiger partial charge in [-0.15, -0.1) is 0 Å². The van der Waals surface area contributed by atoms with Gasteiger partial charge in [-0.1, -0.05) is 12.1 Å². The summed E-state index contributed by atoms with van der Waals surface area (Å²) in [5.74, 6) is 1.09. The van der Waals surface area contributed by atoms with Crippen LogP contribution in [0.5, 0.6) is 23.0 Å². The minimum absolute atomic E-state index is 0.144. The lowest BCUT2D eigenvalue weighted by Gasteiger charge is -2.14. The molecule has 0 aliphatic rings. The van der Waals surface area contributed by atoms with E-state index in [9.17, 15) is 9.90 Å². The average molecular weight is 444 g/mol. The highest BCUT2D eigenvalue weighted by molar-refractivity contribution is 6.09. The molecular formula is C26H24N2O5. The van der Waals surface area contributed by atoms with Crippen LogP contribution in [0.1, 0.15) is 16.1 Å². The van der Waals surface area contributed by atoms with Gasteiger partial charge in [0, 0.05) is 28.7 Å². The molecule has 0 saturated heterocycles. The Morgan fingerprint density at radius 1 is 0.848 bits per heavy atom. The van der Waals surface area contributed by atoms with Gasteiger partial charge in [-0.3, -0.25) is 4.79 Å². The molecule has 0 bridgehead atoms. The van der Waals surface area contributed by atoms with Crippen LogP contribution < -0.4 is 19.9 Å². The molecule has 1 aromatic heterocycles. The highest BCUT2D eigenvalue weighted by atomic mass is 16.5. The zero-order valence-corrected chi connectivity index (χ0v) is 18.5. The first-order chi connectivity index (χ1) is 15.9. The number of carbonyl (C=O) groups excluding carboxylic acids is 1. The molecule has 33 heavy (non-hydrogen) atoms. The number of carbonyl (C=O) groups is 1. The van der Waals surface area contributed by atoms with Gasteiger partial charge in [0.2, 0.25) is 11.5 Å². The molecule has 0 fully saturated rings. The summed E-state index contributed by atoms with van der Waals surface area (Å²) < 4.78 is 18.0. The molecule has 0 atom stereocenters. The molecular weight excluding hydrogens is 420 g/mol. The fourth-order valence-electron chi connectivity index (χ4n) is 3.69. The van der Waals surface area contributed by atoms with E-state index < -0.39 is 0 Å². The number of anilines is 1. The number of nitrogens with zero attached hydrogens (tertiary/aromatic N) is 1. The first-order valence-corrected chi connectivity index (χ1v) is 10.2. The van der Waals surface area contributed by atoms with E-state index in [1.807, 2.05) is 24.4 Å². The summed E-state index contributed by atoms with van der Waals surface area (Å²) in [6, 6.07) is 19.1. The molecule has 0 saturated carbocycles. The van der Waals surface area contributed by atoms with Crippen molar-refractivity contribution in [1.82, 2.24) is 4.57 Å². The number of phenols is 1. The Morgan fingerprint density at radius 3 is 2.09 bits per heavy atom. The second-order valence-corrected chi connectivity index (χ2v) is 7.37. The molecule has 4 aromatic rings. The van der Waals surface area contributed by atoms with Gasteiger partial charge in [-0.05, 0) is 60.2 Å². The normalized spacial score (nSPS) is 10.6. The van der Waals surface area contributed by atoms with Crippen molar-refractivity contribution in [3.05, 3.63) is 84.2 Å². The summed E-state index contributed by atoms with van der Waals surface area (Å²) in [6.45, 7) is 0. The molecule has 0 aliphatic carbocycles. The maximum absolute atomic E-state index is 13.7. The number of nitrogens with two attached hydrogens (primary N) is 1. The molecule has 1 heterocycles. The van der Waals surface area contributed by atoms with E-state index in [0.717, 1.165) is 16.8 Å². The summed E-state index contributed by atoms with van der Waals surface area (Å²) in [4.78, 5) is 13.7. The smallest absolute Gasteiger partial charge is 0.210 e. The van der Waals surface area contributed by atoms with Crippen molar-refractivity contribution >= 4 is 11.5 Å². The molecule has 7 heteroatoms. The number of nitrogen functional groups attached to an aromatic ring is 1. The van der Waals surface area contributed by atoms with Crippen LogP contribution in [0.4, 0.5) is 5.69 Å². The number of ether oxygens (including phenoxy) is 3. The van der Waals surface area contributed by atoms with Crippen molar-refractivity contribution in [2.45, 2.75) is 0 Å². The van der Waals surface area contributed by atoms with Crippen LogP contribution in [0.3, 0.4) is 0 Å². The van der Waals surface area contributed by atoms with Crippen LogP contribution in [-0.2, 0) is 0 Å². The molecule has 3 N–H and O–H groups in total. The van der Waals surface area contributed by atoms with E-state index in [-0.39, 0.29) is 11.5 Å². The standard InChI is InChI=1S/C26H24N2O5/c1-31-23-13-17(14-24(32-2)26(23)33-3)25(30)22-12-18(16-5-4-6-21(29)11-16)15-28(22)20-9-7-19(27)8-10-20/h4-15,29H,27H2,1-3H3. The Morgan fingerprint density at radius 2 is 1.52 bits per heavy atom. The van der Waals surface area contributed by atoms with Gasteiger partial charge in [0.1, 0.15) is 5.75 Å². The quantitative estimate of drug-likeness (QED) is 0.317. The van der Waals surface area contributed by atoms with Gasteiger partial charge in [0.25, 0.3) is 0 Å². The Bertz CT molecular complexity index is 1280. The first-order valence-electron chi connectivity index (χ1n) is 10.2. The molecule has 3 aromatic carbocycles. The Balaban J connectivity index is 1.89. The zero-order valence-electron chi connectivity index (χ0n) is 18.5. The molecule has 0 aliphatic heterocycles. The lowest BCUT2D eigenvalue weighted by molar-refractivity contribution is 0.103. The minimum Gasteiger partial charge on any atom is -0.508 e. The highest BCUT2D eigenvalue weighted by Crippen LogP contribution is 2.39. The number of hydrogen-bond acceptors (Lipinski definition) is 6. The molecule has 0 amide bonds. The molecule has 4 rings (SSSR count). The van der Waals surface area contributed by atoms with Crippen molar-refractivity contribution in [2.75, 3.05) is 27.1 Å². The predicted octanol–water partition coefficient (Wildman–Crippen LogP) is 4.69. The lowest BCUT2D eigenvalue weighted by atomic mass is 10.0. The van der Waals surface area contributed by atoms with Gasteiger partial charge in [-0.2, -0.15) is 0 Å². The van der Waals surface area contributed by atoms with E-state index >= 15 is 0 Å². The van der Waals surface area contributed by atoms with Crippen LogP contribution in [0.2, 0.25) is 0 Å². The largest absolute Gasteiger partial charge is 0.508 e. The number of hydrogen-bond donors (Lipinski definition) is 2. The summed E-state index contributed by atoms with van der Waals surface area (Å²) in [7, 11) is 4.51. The summed E-state index contributed by atoms with van der Waals surface area (Å²) in [6.07, 6.45) is 1.85. The number of ketones is 1. The number of methoxy groups -OCH3 is 3. The van der Waals surface area contributed by atoms with Gasteiger partial charge >= 0.3 is 0 Å². The monoisotopic (exact) mass is 444 g/mol. The van der Waals surface area contributed by atoms with Crippen molar-refractivity contribution < 1.29 is 24.1 Å². The topological polar surface area (TPSA) is 95.9 Å². The third kappa shape index (κ3) is 4.21. The summed E-state index contributed by atoms with van der Waals surface area (Å²) in [5, 5.41) is 9.92. The highest BCUT2D eigenvalue weighted by Gasteiger charge is 2.22. The van der Waals surface area contributed by atoms with Gasteiger partial charge in [0.15, 0.2) is 11.5 Å². The van der Waals surface area contributed by atoms with E-state index in [4.69, 9.17) is 19.9 Å². The average Bonchev–Trinajstić information content (AvgIpc) is 3.28. The fraction of sp³-hybridized carbons (Fsp3) is 0.115. The van der Waals surface area contributed by atoms with Gasteiger partial charge in [0.05, 0.1) is 27.0 Å². The van der Waals surface area contributed by atoms with Crippen LogP contribution in [-0.4, -0.2) is 36.8 Å². The van der Waals surface area contributed by atoms with Crippen molar-refractivity contribution in [1.29, 1.82) is 0 Å². The minimum atomic E-state index is -0.238. The third-order valence-electron chi connectivity index (χ3n) is 5.33. The van der Waals surface area contributed by atoms with Crippen LogP contribution >= 0.6 is 0 Å². The van der Waals surface area contributed by atoms with E-state index in [1.54, 1.807) is 53.1 Å². The molecule has 0 spiro atoms. The van der Waals surface area contributed by atoms with Crippen molar-refractivity contribution in [3.8, 4) is 39.8 Å². The van der Waals surface area contributed by atoms with Gasteiger partial charge < -0.3 is 29.6 Å². The second-order valence-electron chi connectivity index (χ2n) is 7.37. The van der Waals surface area contributed by atoms with E-state index in [2.05, 4.69) is 0 Å². The van der Waals surface area contributed by atoms with Crippen LogP contribution in [0, 0.1) is 0 Å². The fourth-order valence-corrected chi connectivity index (χ4v) is 3.69. The summed E-state index contributed by atoms with van der Waals surface area (Å²) >= 11 is 0. The third-order valence-corrected chi connectivity index (χ3v) is 5.33. The maximum atomic E-state index is 13.7. The predicted molar refractivity (Wildman–Crippen MR) is 127 cm³/mol. The lowest BCUT2D eigenvalue weighted by Crippen LogP contribution is -2.09. The van der Waals surface area contributed by atoms with Crippen molar-refractivity contribution in [3.63, 3.8) is 0 Å². The van der Waals surface area contributed by atoms with Crippen LogP contribution in [0.15, 0.2) is 72.9 Å². The molecule has 168 valence electrons. The Hall–Kier alpha value is -4.39. The van der Waals surface area contributed by atoms with E-state index in [1.165, 1.54) is 21.3 Å². The zero-order chi connectivity index (χ0) is 23.5. The molecule has 0 radical (unpaired) electrons. The number of benzene rings is 3. The number of rotatable bonds is 7.